The molecular formula is C15H24FNS. The molecule has 3 heteroatoms. The van der Waals surface area contributed by atoms with Crippen LogP contribution >= 0.6 is 11.8 Å². The normalized spacial score (nSPS) is 14.4. The largest absolute Gasteiger partial charge is 0.311 e. The van der Waals surface area contributed by atoms with Crippen LogP contribution < -0.4 is 5.32 Å². The van der Waals surface area contributed by atoms with Crippen LogP contribution in [0.4, 0.5) is 4.39 Å². The van der Waals surface area contributed by atoms with E-state index in [2.05, 4.69) is 26.1 Å². The van der Waals surface area contributed by atoms with Crippen molar-refractivity contribution in [1.82, 2.24) is 5.32 Å². The monoisotopic (exact) mass is 269 g/mol. The fourth-order valence-corrected chi connectivity index (χ4v) is 2.86. The number of nitrogens with one attached hydrogen (secondary N) is 1. The van der Waals surface area contributed by atoms with E-state index in [1.807, 2.05) is 17.8 Å². The van der Waals surface area contributed by atoms with Gasteiger partial charge in [0.25, 0.3) is 0 Å². The number of hydrogen-bond acceptors (Lipinski definition) is 2. The molecule has 0 heterocycles. The summed E-state index contributed by atoms with van der Waals surface area (Å²) >= 11 is 1.98. The smallest absolute Gasteiger partial charge is 0.123 e. The molecule has 0 aromatic heterocycles. The SMILES string of the molecule is CCSCCC(C)NC(C)Cc1cccc(F)c1. The molecule has 2 unspecified atom stereocenters. The molecule has 18 heavy (non-hydrogen) atoms. The zero-order valence-corrected chi connectivity index (χ0v) is 12.4. The van der Waals surface area contributed by atoms with Crippen LogP contribution in [-0.4, -0.2) is 23.6 Å². The van der Waals surface area contributed by atoms with E-state index >= 15 is 0 Å². The predicted octanol–water partition coefficient (Wildman–Crippen LogP) is 3.88. The van der Waals surface area contributed by atoms with E-state index < -0.39 is 0 Å². The molecular weight excluding hydrogens is 245 g/mol. The van der Waals surface area contributed by atoms with Crippen molar-refractivity contribution in [1.29, 1.82) is 0 Å². The van der Waals surface area contributed by atoms with Gasteiger partial charge in [-0.15, -0.1) is 0 Å². The molecule has 1 nitrogen and oxygen atoms in total. The molecule has 0 aliphatic carbocycles. The minimum Gasteiger partial charge on any atom is -0.311 e. The molecule has 1 rings (SSSR count). The van der Waals surface area contributed by atoms with Gasteiger partial charge in [-0.05, 0) is 55.9 Å². The maximum Gasteiger partial charge on any atom is 0.123 e. The van der Waals surface area contributed by atoms with Crippen molar-refractivity contribution in [3.8, 4) is 0 Å². The van der Waals surface area contributed by atoms with E-state index in [1.54, 1.807) is 12.1 Å². The Morgan fingerprint density at radius 1 is 1.28 bits per heavy atom. The van der Waals surface area contributed by atoms with Gasteiger partial charge in [0.2, 0.25) is 0 Å². The van der Waals surface area contributed by atoms with Crippen LogP contribution in [0.2, 0.25) is 0 Å². The first-order chi connectivity index (χ1) is 8.61. The van der Waals surface area contributed by atoms with Gasteiger partial charge in [0.05, 0.1) is 0 Å². The van der Waals surface area contributed by atoms with Crippen molar-refractivity contribution in [3.63, 3.8) is 0 Å². The average molecular weight is 269 g/mol. The van der Waals surface area contributed by atoms with Gasteiger partial charge in [-0.25, -0.2) is 4.39 Å². The van der Waals surface area contributed by atoms with Crippen LogP contribution in [0.1, 0.15) is 32.8 Å². The van der Waals surface area contributed by atoms with Crippen molar-refractivity contribution in [2.75, 3.05) is 11.5 Å². The maximum atomic E-state index is 13.1. The molecule has 0 spiro atoms. The zero-order valence-electron chi connectivity index (χ0n) is 11.6. The fraction of sp³-hybridized carbons (Fsp3) is 0.600. The summed E-state index contributed by atoms with van der Waals surface area (Å²) in [6.45, 7) is 6.57. The van der Waals surface area contributed by atoms with Gasteiger partial charge in [0.15, 0.2) is 0 Å². The molecule has 0 saturated heterocycles. The Morgan fingerprint density at radius 2 is 2.06 bits per heavy atom. The first kappa shape index (κ1) is 15.5. The lowest BCUT2D eigenvalue weighted by Crippen LogP contribution is -2.36. The topological polar surface area (TPSA) is 12.0 Å². The number of thioether (sulfide) groups is 1. The molecule has 0 bridgehead atoms. The Morgan fingerprint density at radius 3 is 2.72 bits per heavy atom. The molecule has 2 atom stereocenters. The average Bonchev–Trinajstić information content (AvgIpc) is 2.29. The van der Waals surface area contributed by atoms with Gasteiger partial charge in [-0.3, -0.25) is 0 Å². The minimum atomic E-state index is -0.146. The van der Waals surface area contributed by atoms with Crippen molar-refractivity contribution >= 4 is 11.8 Å². The molecule has 0 aliphatic heterocycles. The van der Waals surface area contributed by atoms with Crippen LogP contribution in [-0.2, 0) is 6.42 Å². The standard InChI is InChI=1S/C15H24FNS/c1-4-18-9-8-12(2)17-13(3)10-14-6-5-7-15(16)11-14/h5-7,11-13,17H,4,8-10H2,1-3H3. The van der Waals surface area contributed by atoms with Crippen LogP contribution in [0, 0.1) is 5.82 Å². The minimum absolute atomic E-state index is 0.146. The molecule has 0 amide bonds. The fourth-order valence-electron chi connectivity index (χ4n) is 2.05. The Bertz CT molecular complexity index is 343. The highest BCUT2D eigenvalue weighted by Crippen LogP contribution is 2.08. The van der Waals surface area contributed by atoms with E-state index in [-0.39, 0.29) is 5.82 Å². The Kier molecular flexibility index (Phi) is 7.36. The Labute approximate surface area is 115 Å². The van der Waals surface area contributed by atoms with E-state index in [0.29, 0.717) is 12.1 Å². The second-order valence-electron chi connectivity index (χ2n) is 4.79. The van der Waals surface area contributed by atoms with E-state index in [4.69, 9.17) is 0 Å². The number of halogens is 1. The lowest BCUT2D eigenvalue weighted by atomic mass is 10.1. The van der Waals surface area contributed by atoms with Crippen LogP contribution in [0.3, 0.4) is 0 Å². The lowest BCUT2D eigenvalue weighted by Gasteiger charge is -2.20. The third-order valence-electron chi connectivity index (χ3n) is 2.90. The molecule has 0 fully saturated rings. The van der Waals surface area contributed by atoms with E-state index in [1.165, 1.54) is 24.0 Å². The van der Waals surface area contributed by atoms with Crippen LogP contribution in [0.25, 0.3) is 0 Å². The Balaban J connectivity index is 2.30. The lowest BCUT2D eigenvalue weighted by molar-refractivity contribution is 0.457. The van der Waals surface area contributed by atoms with Crippen molar-refractivity contribution in [3.05, 3.63) is 35.6 Å². The summed E-state index contributed by atoms with van der Waals surface area (Å²) in [6.07, 6.45) is 2.06. The quantitative estimate of drug-likeness (QED) is 0.719. The molecule has 1 N–H and O–H groups in total. The summed E-state index contributed by atoms with van der Waals surface area (Å²) in [7, 11) is 0. The predicted molar refractivity (Wildman–Crippen MR) is 79.8 cm³/mol. The highest BCUT2D eigenvalue weighted by atomic mass is 32.2. The van der Waals surface area contributed by atoms with Gasteiger partial charge in [-0.2, -0.15) is 11.8 Å². The van der Waals surface area contributed by atoms with Gasteiger partial charge >= 0.3 is 0 Å². The van der Waals surface area contributed by atoms with Crippen molar-refractivity contribution in [2.24, 2.45) is 0 Å². The number of hydrogen-bond donors (Lipinski definition) is 1. The Hall–Kier alpha value is -0.540. The third kappa shape index (κ3) is 6.41. The van der Waals surface area contributed by atoms with Crippen LogP contribution in [0.5, 0.6) is 0 Å². The second-order valence-corrected chi connectivity index (χ2v) is 6.18. The molecule has 0 aliphatic rings. The summed E-state index contributed by atoms with van der Waals surface area (Å²) < 4.78 is 13.1. The third-order valence-corrected chi connectivity index (χ3v) is 3.83. The first-order valence-corrected chi connectivity index (χ1v) is 7.85. The summed E-state index contributed by atoms with van der Waals surface area (Å²) in [5, 5.41) is 3.57. The summed E-state index contributed by atoms with van der Waals surface area (Å²) in [5.74, 6) is 2.25. The van der Waals surface area contributed by atoms with Gasteiger partial charge in [0.1, 0.15) is 5.82 Å². The first-order valence-electron chi connectivity index (χ1n) is 6.70. The maximum absolute atomic E-state index is 13.1. The highest BCUT2D eigenvalue weighted by molar-refractivity contribution is 7.99. The zero-order chi connectivity index (χ0) is 13.4. The molecule has 1 aromatic rings. The molecule has 102 valence electrons. The summed E-state index contributed by atoms with van der Waals surface area (Å²) in [5.41, 5.74) is 1.06. The summed E-state index contributed by atoms with van der Waals surface area (Å²) in [4.78, 5) is 0. The number of rotatable bonds is 8. The van der Waals surface area contributed by atoms with Crippen LogP contribution in [0.15, 0.2) is 24.3 Å². The molecule has 1 aromatic carbocycles. The van der Waals surface area contributed by atoms with Gasteiger partial charge in [-0.1, -0.05) is 19.1 Å². The van der Waals surface area contributed by atoms with E-state index in [0.717, 1.165) is 12.0 Å². The number of benzene rings is 1. The van der Waals surface area contributed by atoms with E-state index in [9.17, 15) is 4.39 Å². The van der Waals surface area contributed by atoms with Crippen molar-refractivity contribution in [2.45, 2.75) is 45.7 Å². The highest BCUT2D eigenvalue weighted by Gasteiger charge is 2.08. The molecule has 0 saturated carbocycles. The van der Waals surface area contributed by atoms with Gasteiger partial charge in [0, 0.05) is 12.1 Å². The van der Waals surface area contributed by atoms with Gasteiger partial charge < -0.3 is 5.32 Å². The van der Waals surface area contributed by atoms with Crippen molar-refractivity contribution < 1.29 is 4.39 Å². The summed E-state index contributed by atoms with van der Waals surface area (Å²) in [6, 6.07) is 7.78. The molecule has 0 radical (unpaired) electrons. The second kappa shape index (κ2) is 8.54.